The molecular weight excluding hydrogens is 294 g/mol. The lowest BCUT2D eigenvalue weighted by molar-refractivity contribution is -0.146. The second-order valence-electron chi connectivity index (χ2n) is 6.66. The third kappa shape index (κ3) is 3.12. The van der Waals surface area contributed by atoms with E-state index in [-0.39, 0.29) is 23.5 Å². The van der Waals surface area contributed by atoms with Crippen LogP contribution in [0.25, 0.3) is 0 Å². The van der Waals surface area contributed by atoms with Crippen LogP contribution in [0.1, 0.15) is 55.9 Å². The molecule has 2 fully saturated rings. The maximum atomic E-state index is 12.5. The maximum absolute atomic E-state index is 12.5. The van der Waals surface area contributed by atoms with Crippen LogP contribution in [0, 0.1) is 5.41 Å². The van der Waals surface area contributed by atoms with E-state index in [9.17, 15) is 4.79 Å². The Morgan fingerprint density at radius 2 is 2.26 bits per heavy atom. The number of aromatic nitrogens is 3. The average Bonchev–Trinajstić information content (AvgIpc) is 3.04. The minimum atomic E-state index is -0.141. The highest BCUT2D eigenvalue weighted by Gasteiger charge is 2.56. The zero-order valence-corrected chi connectivity index (χ0v) is 13.8. The van der Waals surface area contributed by atoms with Crippen LogP contribution in [-0.4, -0.2) is 46.2 Å². The van der Waals surface area contributed by atoms with Crippen molar-refractivity contribution in [3.05, 3.63) is 11.9 Å². The number of nitrogens with zero attached hydrogens (tertiary/aromatic N) is 3. The van der Waals surface area contributed by atoms with Gasteiger partial charge in [0.1, 0.15) is 0 Å². The van der Waals surface area contributed by atoms with Crippen molar-refractivity contribution in [3.63, 3.8) is 0 Å². The topological polar surface area (TPSA) is 95.1 Å². The molecule has 23 heavy (non-hydrogen) atoms. The number of ether oxygens (including phenoxy) is 1. The Morgan fingerprint density at radius 3 is 2.96 bits per heavy atom. The highest BCUT2D eigenvalue weighted by atomic mass is 16.5. The molecule has 2 aliphatic carbocycles. The number of nitrogens with two attached hydrogens (primary N) is 1. The van der Waals surface area contributed by atoms with Crippen LogP contribution < -0.4 is 11.1 Å². The molecule has 1 aromatic rings. The van der Waals surface area contributed by atoms with Crippen molar-refractivity contribution in [1.82, 2.24) is 20.3 Å². The lowest BCUT2D eigenvalue weighted by Crippen LogP contribution is -2.65. The number of carbonyl (C=O) groups is 1. The Morgan fingerprint density at radius 1 is 1.48 bits per heavy atom. The summed E-state index contributed by atoms with van der Waals surface area (Å²) < 4.78 is 7.53. The molecule has 128 valence electrons. The third-order valence-electron chi connectivity index (χ3n) is 5.37. The Kier molecular flexibility index (Phi) is 4.96. The number of hydrogen-bond donors (Lipinski definition) is 2. The molecule has 0 aromatic carbocycles. The Balaban J connectivity index is 1.65. The van der Waals surface area contributed by atoms with Gasteiger partial charge in [-0.15, -0.1) is 5.10 Å². The standard InChI is InChI=1S/C16H27N5O2/c1-2-23-14-10-13(16(14)6-4-3-5-7-16)18-15(22)12-11-21(9-8-17)20-19-12/h11,13-14H,2-10,17H2,1H3,(H,18,22). The SMILES string of the molecule is CCOC1CC(NC(=O)c2cn(CCN)nn2)C12CCCCC2. The summed E-state index contributed by atoms with van der Waals surface area (Å²) in [6, 6.07) is 0.187. The molecule has 1 spiro atoms. The Labute approximate surface area is 136 Å². The fourth-order valence-corrected chi connectivity index (χ4v) is 4.14. The van der Waals surface area contributed by atoms with Gasteiger partial charge in [0.15, 0.2) is 5.69 Å². The van der Waals surface area contributed by atoms with Gasteiger partial charge in [0.2, 0.25) is 0 Å². The van der Waals surface area contributed by atoms with Crippen LogP contribution in [0.3, 0.4) is 0 Å². The molecule has 7 heteroatoms. The number of carbonyl (C=O) groups excluding carboxylic acids is 1. The van der Waals surface area contributed by atoms with Crippen molar-refractivity contribution < 1.29 is 9.53 Å². The number of amides is 1. The lowest BCUT2D eigenvalue weighted by atomic mass is 9.55. The molecule has 0 aliphatic heterocycles. The second kappa shape index (κ2) is 6.97. The monoisotopic (exact) mass is 321 g/mol. The fourth-order valence-electron chi connectivity index (χ4n) is 4.14. The quantitative estimate of drug-likeness (QED) is 0.818. The molecule has 3 N–H and O–H groups in total. The zero-order chi connectivity index (χ0) is 16.3. The number of rotatable bonds is 6. The summed E-state index contributed by atoms with van der Waals surface area (Å²) >= 11 is 0. The summed E-state index contributed by atoms with van der Waals surface area (Å²) in [7, 11) is 0. The van der Waals surface area contributed by atoms with Crippen molar-refractivity contribution in [3.8, 4) is 0 Å². The van der Waals surface area contributed by atoms with Crippen LogP contribution in [0.2, 0.25) is 0 Å². The molecular formula is C16H27N5O2. The molecule has 2 atom stereocenters. The van der Waals surface area contributed by atoms with Gasteiger partial charge < -0.3 is 15.8 Å². The van der Waals surface area contributed by atoms with Crippen molar-refractivity contribution >= 4 is 5.91 Å². The predicted octanol–water partition coefficient (Wildman–Crippen LogP) is 1.09. The van der Waals surface area contributed by atoms with Crippen LogP contribution in [0.5, 0.6) is 0 Å². The van der Waals surface area contributed by atoms with E-state index >= 15 is 0 Å². The maximum Gasteiger partial charge on any atom is 0.273 e. The molecule has 1 aromatic heterocycles. The van der Waals surface area contributed by atoms with Gasteiger partial charge in [-0.25, -0.2) is 0 Å². The van der Waals surface area contributed by atoms with Crippen LogP contribution in [0.15, 0.2) is 6.20 Å². The molecule has 0 bridgehead atoms. The minimum absolute atomic E-state index is 0.122. The lowest BCUT2D eigenvalue weighted by Gasteiger charge is -2.57. The zero-order valence-electron chi connectivity index (χ0n) is 13.8. The summed E-state index contributed by atoms with van der Waals surface area (Å²) in [4.78, 5) is 12.5. The number of nitrogens with one attached hydrogen (secondary N) is 1. The Hall–Kier alpha value is -1.47. The molecule has 2 aliphatic rings. The molecule has 2 unspecified atom stereocenters. The number of hydrogen-bond acceptors (Lipinski definition) is 5. The highest BCUT2D eigenvalue weighted by molar-refractivity contribution is 5.92. The van der Waals surface area contributed by atoms with E-state index in [0.29, 0.717) is 18.8 Å². The van der Waals surface area contributed by atoms with Gasteiger partial charge in [0.25, 0.3) is 5.91 Å². The van der Waals surface area contributed by atoms with Gasteiger partial charge in [0.05, 0.1) is 18.8 Å². The first-order valence-corrected chi connectivity index (χ1v) is 8.72. The van der Waals surface area contributed by atoms with Crippen molar-refractivity contribution in [2.45, 2.75) is 64.1 Å². The van der Waals surface area contributed by atoms with Gasteiger partial charge in [-0.1, -0.05) is 24.5 Å². The van der Waals surface area contributed by atoms with Crippen molar-refractivity contribution in [2.75, 3.05) is 13.2 Å². The van der Waals surface area contributed by atoms with Gasteiger partial charge in [-0.05, 0) is 26.2 Å². The average molecular weight is 321 g/mol. The van der Waals surface area contributed by atoms with E-state index < -0.39 is 0 Å². The van der Waals surface area contributed by atoms with E-state index in [0.717, 1.165) is 25.9 Å². The van der Waals surface area contributed by atoms with E-state index in [1.165, 1.54) is 19.3 Å². The van der Waals surface area contributed by atoms with Crippen LogP contribution >= 0.6 is 0 Å². The first-order chi connectivity index (χ1) is 11.2. The van der Waals surface area contributed by atoms with Crippen LogP contribution in [-0.2, 0) is 11.3 Å². The predicted molar refractivity (Wildman–Crippen MR) is 85.9 cm³/mol. The molecule has 7 nitrogen and oxygen atoms in total. The largest absolute Gasteiger partial charge is 0.378 e. The summed E-state index contributed by atoms with van der Waals surface area (Å²) in [5.74, 6) is -0.141. The van der Waals surface area contributed by atoms with Gasteiger partial charge in [-0.2, -0.15) is 0 Å². The van der Waals surface area contributed by atoms with E-state index in [1.54, 1.807) is 10.9 Å². The first-order valence-electron chi connectivity index (χ1n) is 8.72. The molecule has 2 saturated carbocycles. The van der Waals surface area contributed by atoms with Crippen molar-refractivity contribution in [2.24, 2.45) is 11.1 Å². The minimum Gasteiger partial charge on any atom is -0.378 e. The fraction of sp³-hybridized carbons (Fsp3) is 0.812. The van der Waals surface area contributed by atoms with Gasteiger partial charge in [0, 0.05) is 24.6 Å². The first kappa shape index (κ1) is 16.4. The smallest absolute Gasteiger partial charge is 0.273 e. The molecule has 1 amide bonds. The van der Waals surface area contributed by atoms with E-state index in [1.807, 2.05) is 6.92 Å². The van der Waals surface area contributed by atoms with E-state index in [2.05, 4.69) is 15.6 Å². The molecule has 3 rings (SSSR count). The summed E-state index contributed by atoms with van der Waals surface area (Å²) in [6.07, 6.45) is 8.86. The second-order valence-corrected chi connectivity index (χ2v) is 6.66. The molecule has 0 saturated heterocycles. The molecule has 0 radical (unpaired) electrons. The normalized spacial score (nSPS) is 26.0. The molecule has 1 heterocycles. The van der Waals surface area contributed by atoms with Gasteiger partial charge in [-0.3, -0.25) is 9.48 Å². The van der Waals surface area contributed by atoms with E-state index in [4.69, 9.17) is 10.5 Å². The van der Waals surface area contributed by atoms with Crippen molar-refractivity contribution in [1.29, 1.82) is 0 Å². The Bertz CT molecular complexity index is 538. The summed E-state index contributed by atoms with van der Waals surface area (Å²) in [5.41, 5.74) is 5.98. The summed E-state index contributed by atoms with van der Waals surface area (Å²) in [5, 5.41) is 11.0. The highest BCUT2D eigenvalue weighted by Crippen LogP contribution is 2.53. The van der Waals surface area contributed by atoms with Crippen LogP contribution in [0.4, 0.5) is 0 Å². The summed E-state index contributed by atoms with van der Waals surface area (Å²) in [6.45, 7) is 3.82. The third-order valence-corrected chi connectivity index (χ3v) is 5.37. The van der Waals surface area contributed by atoms with Gasteiger partial charge >= 0.3 is 0 Å².